The zero-order chi connectivity index (χ0) is 21.2. The average Bonchev–Trinajstić information content (AvgIpc) is 3.11. The van der Waals surface area contributed by atoms with Crippen LogP contribution in [0.2, 0.25) is 0 Å². The zero-order valence-corrected chi connectivity index (χ0v) is 20.4. The molecular formula is C24H20N2NaO4S. The molecule has 2 amide bonds. The molecule has 0 spiro atoms. The Hall–Kier alpha value is -2.45. The molecule has 0 aromatic heterocycles. The van der Waals surface area contributed by atoms with E-state index in [1.807, 2.05) is 72.8 Å². The maximum absolute atomic E-state index is 11.7. The fourth-order valence-corrected chi connectivity index (χ4v) is 4.60. The topological polar surface area (TPSA) is 67.9 Å². The van der Waals surface area contributed by atoms with Gasteiger partial charge in [0.05, 0.1) is 23.2 Å². The minimum absolute atomic E-state index is 0. The van der Waals surface area contributed by atoms with Gasteiger partial charge in [0.25, 0.3) is 5.24 Å². The van der Waals surface area contributed by atoms with Crippen molar-refractivity contribution in [2.24, 2.45) is 0 Å². The number of amides is 2. The molecule has 0 saturated carbocycles. The molecule has 2 aliphatic heterocycles. The van der Waals surface area contributed by atoms with Crippen LogP contribution in [0.5, 0.6) is 17.2 Å². The van der Waals surface area contributed by atoms with E-state index in [-0.39, 0.29) is 46.0 Å². The van der Waals surface area contributed by atoms with Crippen LogP contribution in [0.4, 0.5) is 16.2 Å². The van der Waals surface area contributed by atoms with Crippen LogP contribution in [0.15, 0.2) is 72.8 Å². The molecule has 0 bridgehead atoms. The SMILES string of the molecule is O=C1NC(=O)C(Cc2ccc(OCCN3c4ccccc4Oc4ccccc43)cc2)S1.[Na]. The van der Waals surface area contributed by atoms with Crippen molar-refractivity contribution in [2.45, 2.75) is 11.7 Å². The number of nitrogens with one attached hydrogen (secondary N) is 1. The van der Waals surface area contributed by atoms with Crippen molar-refractivity contribution < 1.29 is 19.1 Å². The van der Waals surface area contributed by atoms with Crippen molar-refractivity contribution in [3.05, 3.63) is 78.4 Å². The van der Waals surface area contributed by atoms with Crippen LogP contribution in [0.3, 0.4) is 0 Å². The maximum atomic E-state index is 11.7. The van der Waals surface area contributed by atoms with Gasteiger partial charge in [-0.1, -0.05) is 48.2 Å². The summed E-state index contributed by atoms with van der Waals surface area (Å²) in [5, 5.41) is 1.68. The summed E-state index contributed by atoms with van der Waals surface area (Å²) in [5.41, 5.74) is 3.02. The Bertz CT molecular complexity index is 1090. The van der Waals surface area contributed by atoms with Crippen LogP contribution in [0.25, 0.3) is 0 Å². The molecule has 2 heterocycles. The molecule has 8 heteroatoms. The molecule has 1 unspecified atom stereocenters. The molecule has 5 rings (SSSR count). The van der Waals surface area contributed by atoms with Crippen molar-refractivity contribution in [3.8, 4) is 17.2 Å². The van der Waals surface area contributed by atoms with Gasteiger partial charge in [0.1, 0.15) is 12.4 Å². The summed E-state index contributed by atoms with van der Waals surface area (Å²) in [5.74, 6) is 2.20. The van der Waals surface area contributed by atoms with E-state index in [0.29, 0.717) is 19.6 Å². The van der Waals surface area contributed by atoms with Crippen molar-refractivity contribution in [1.29, 1.82) is 0 Å². The third-order valence-electron chi connectivity index (χ3n) is 5.23. The average molecular weight is 455 g/mol. The normalized spacial score (nSPS) is 16.4. The van der Waals surface area contributed by atoms with E-state index in [9.17, 15) is 9.59 Å². The Morgan fingerprint density at radius 2 is 1.53 bits per heavy atom. The molecule has 2 aliphatic rings. The van der Waals surface area contributed by atoms with Crippen molar-refractivity contribution >= 4 is 63.8 Å². The van der Waals surface area contributed by atoms with E-state index in [1.54, 1.807) is 0 Å². The standard InChI is InChI=1S/C24H20N2O4S.Na/c27-23-22(31-24(28)25-23)15-16-9-11-17(12-10-16)29-14-13-26-18-5-1-3-7-20(18)30-21-8-4-2-6-19(21)26;/h1-12,22H,13-15H2,(H,25,27,28);. The van der Waals surface area contributed by atoms with Gasteiger partial charge in [0.15, 0.2) is 11.5 Å². The number of carbonyl (C=O) groups excluding carboxylic acids is 2. The van der Waals surface area contributed by atoms with Crippen LogP contribution in [0, 0.1) is 0 Å². The first kappa shape index (κ1) is 22.7. The van der Waals surface area contributed by atoms with Crippen LogP contribution in [0.1, 0.15) is 5.56 Å². The quantitative estimate of drug-likeness (QED) is 0.551. The van der Waals surface area contributed by atoms with Gasteiger partial charge in [0, 0.05) is 29.6 Å². The number of benzene rings is 3. The summed E-state index contributed by atoms with van der Waals surface area (Å²) in [6.07, 6.45) is 0.518. The van der Waals surface area contributed by atoms with E-state index >= 15 is 0 Å². The first-order valence-corrected chi connectivity index (χ1v) is 10.9. The predicted octanol–water partition coefficient (Wildman–Crippen LogP) is 4.52. The van der Waals surface area contributed by atoms with E-state index in [4.69, 9.17) is 9.47 Å². The van der Waals surface area contributed by atoms with E-state index in [2.05, 4.69) is 10.2 Å². The third-order valence-corrected chi connectivity index (χ3v) is 6.21. The molecule has 1 saturated heterocycles. The summed E-state index contributed by atoms with van der Waals surface area (Å²) < 4.78 is 12.0. The Kier molecular flexibility index (Phi) is 7.10. The Morgan fingerprint density at radius 1 is 0.906 bits per heavy atom. The molecule has 3 aromatic rings. The molecule has 157 valence electrons. The summed E-state index contributed by atoms with van der Waals surface area (Å²) in [7, 11) is 0. The Labute approximate surface area is 212 Å². The number of para-hydroxylation sites is 4. The summed E-state index contributed by atoms with van der Waals surface area (Å²) >= 11 is 1.04. The van der Waals surface area contributed by atoms with E-state index in [0.717, 1.165) is 45.9 Å². The second kappa shape index (κ2) is 10.0. The first-order chi connectivity index (χ1) is 15.2. The molecule has 32 heavy (non-hydrogen) atoms. The van der Waals surface area contributed by atoms with Crippen LogP contribution >= 0.6 is 11.8 Å². The number of carbonyl (C=O) groups is 2. The molecule has 1 N–H and O–H groups in total. The number of thioether (sulfide) groups is 1. The number of nitrogens with zero attached hydrogens (tertiary/aromatic N) is 1. The molecule has 1 radical (unpaired) electrons. The zero-order valence-electron chi connectivity index (χ0n) is 17.6. The number of anilines is 2. The monoisotopic (exact) mass is 455 g/mol. The Morgan fingerprint density at radius 3 is 2.12 bits per heavy atom. The summed E-state index contributed by atoms with van der Waals surface area (Å²) in [4.78, 5) is 25.2. The number of imide groups is 1. The van der Waals surface area contributed by atoms with Gasteiger partial charge in [-0.25, -0.2) is 0 Å². The molecule has 6 nitrogen and oxygen atoms in total. The van der Waals surface area contributed by atoms with E-state index in [1.165, 1.54) is 0 Å². The molecular weight excluding hydrogens is 435 g/mol. The number of rotatable bonds is 6. The predicted molar refractivity (Wildman–Crippen MR) is 126 cm³/mol. The Balaban J connectivity index is 0.00000245. The maximum Gasteiger partial charge on any atom is 0.286 e. The molecule has 3 aromatic carbocycles. The van der Waals surface area contributed by atoms with Gasteiger partial charge >= 0.3 is 0 Å². The van der Waals surface area contributed by atoms with Crippen molar-refractivity contribution in [1.82, 2.24) is 5.32 Å². The second-order valence-electron chi connectivity index (χ2n) is 7.27. The minimum atomic E-state index is -0.360. The fraction of sp³-hybridized carbons (Fsp3) is 0.167. The first-order valence-electron chi connectivity index (χ1n) is 10.0. The van der Waals surface area contributed by atoms with Gasteiger partial charge < -0.3 is 14.4 Å². The van der Waals surface area contributed by atoms with Crippen LogP contribution in [-0.4, -0.2) is 59.1 Å². The van der Waals surface area contributed by atoms with Crippen molar-refractivity contribution in [3.63, 3.8) is 0 Å². The van der Waals surface area contributed by atoms with E-state index < -0.39 is 0 Å². The summed E-state index contributed by atoms with van der Waals surface area (Å²) in [6, 6.07) is 23.6. The van der Waals surface area contributed by atoms with Gasteiger partial charge in [-0.05, 0) is 48.4 Å². The van der Waals surface area contributed by atoms with Gasteiger partial charge in [-0.2, -0.15) is 0 Å². The van der Waals surface area contributed by atoms with Crippen molar-refractivity contribution in [2.75, 3.05) is 18.1 Å². The number of hydrogen-bond donors (Lipinski definition) is 1. The smallest absolute Gasteiger partial charge is 0.286 e. The van der Waals surface area contributed by atoms with Crippen LogP contribution in [-0.2, 0) is 11.2 Å². The van der Waals surface area contributed by atoms with Gasteiger partial charge in [-0.3, -0.25) is 14.9 Å². The number of ether oxygens (including phenoxy) is 2. The second-order valence-corrected chi connectivity index (χ2v) is 8.44. The van der Waals surface area contributed by atoms with Gasteiger partial charge in [-0.15, -0.1) is 0 Å². The summed E-state index contributed by atoms with van der Waals surface area (Å²) in [6.45, 7) is 1.16. The largest absolute Gasteiger partial charge is 0.492 e. The molecule has 1 fully saturated rings. The minimum Gasteiger partial charge on any atom is -0.492 e. The fourth-order valence-electron chi connectivity index (χ4n) is 3.74. The molecule has 0 aliphatic carbocycles. The third kappa shape index (κ3) is 4.81. The number of hydrogen-bond acceptors (Lipinski definition) is 6. The molecule has 1 atom stereocenters. The van der Waals surface area contributed by atoms with Crippen LogP contribution < -0.4 is 19.7 Å². The van der Waals surface area contributed by atoms with Gasteiger partial charge in [0.2, 0.25) is 5.91 Å². The number of fused-ring (bicyclic) bond motifs is 2.